The van der Waals surface area contributed by atoms with E-state index in [0.717, 1.165) is 6.54 Å². The molecule has 0 aromatic heterocycles. The highest BCUT2D eigenvalue weighted by atomic mass is 16.5. The number of hydrogen-bond donors (Lipinski definition) is 2. The highest BCUT2D eigenvalue weighted by molar-refractivity contribution is 4.76. The standard InChI is InChI=1S/C10H21NO4/c1-2-14-8-10(13)5-11-3-4-15-7-9(11)6-12/h9-10,12-13H,2-8H2,1H3. The lowest BCUT2D eigenvalue weighted by atomic mass is 10.2. The van der Waals surface area contributed by atoms with Gasteiger partial charge in [-0.25, -0.2) is 0 Å². The summed E-state index contributed by atoms with van der Waals surface area (Å²) in [6.45, 7) is 5.44. The van der Waals surface area contributed by atoms with Crippen LogP contribution in [0.5, 0.6) is 0 Å². The maximum absolute atomic E-state index is 9.66. The minimum absolute atomic E-state index is 0.00928. The highest BCUT2D eigenvalue weighted by Crippen LogP contribution is 2.07. The molecule has 2 unspecified atom stereocenters. The van der Waals surface area contributed by atoms with E-state index < -0.39 is 6.10 Å². The fourth-order valence-electron chi connectivity index (χ4n) is 1.67. The van der Waals surface area contributed by atoms with Gasteiger partial charge in [0.25, 0.3) is 0 Å². The predicted molar refractivity (Wildman–Crippen MR) is 55.8 cm³/mol. The number of morpholine rings is 1. The molecule has 2 N–H and O–H groups in total. The minimum atomic E-state index is -0.489. The van der Waals surface area contributed by atoms with E-state index >= 15 is 0 Å². The average Bonchev–Trinajstić information content (AvgIpc) is 2.27. The van der Waals surface area contributed by atoms with Crippen molar-refractivity contribution in [2.24, 2.45) is 0 Å². The van der Waals surface area contributed by atoms with Crippen LogP contribution in [-0.4, -0.2) is 73.4 Å². The minimum Gasteiger partial charge on any atom is -0.395 e. The van der Waals surface area contributed by atoms with Crippen molar-refractivity contribution in [1.29, 1.82) is 0 Å². The van der Waals surface area contributed by atoms with E-state index in [-0.39, 0.29) is 12.6 Å². The number of rotatable bonds is 6. The molecule has 0 amide bonds. The van der Waals surface area contributed by atoms with Crippen LogP contribution < -0.4 is 0 Å². The van der Waals surface area contributed by atoms with Gasteiger partial charge in [-0.05, 0) is 6.92 Å². The van der Waals surface area contributed by atoms with Gasteiger partial charge in [0, 0.05) is 19.7 Å². The summed E-state index contributed by atoms with van der Waals surface area (Å²) >= 11 is 0. The fourth-order valence-corrected chi connectivity index (χ4v) is 1.67. The molecular weight excluding hydrogens is 198 g/mol. The number of aliphatic hydroxyl groups is 2. The Morgan fingerprint density at radius 2 is 2.40 bits per heavy atom. The lowest BCUT2D eigenvalue weighted by Crippen LogP contribution is -2.50. The van der Waals surface area contributed by atoms with Crippen LogP contribution in [0.3, 0.4) is 0 Å². The van der Waals surface area contributed by atoms with Crippen LogP contribution in [0, 0.1) is 0 Å². The van der Waals surface area contributed by atoms with Gasteiger partial charge in [0.05, 0.1) is 38.6 Å². The first-order chi connectivity index (χ1) is 7.27. The molecule has 90 valence electrons. The van der Waals surface area contributed by atoms with Crippen molar-refractivity contribution < 1.29 is 19.7 Å². The zero-order valence-corrected chi connectivity index (χ0v) is 9.26. The van der Waals surface area contributed by atoms with Crippen molar-refractivity contribution in [2.75, 3.05) is 46.1 Å². The molecule has 1 aliphatic rings. The molecule has 0 aliphatic carbocycles. The maximum Gasteiger partial charge on any atom is 0.0900 e. The van der Waals surface area contributed by atoms with Crippen molar-refractivity contribution in [1.82, 2.24) is 4.90 Å². The Kier molecular flexibility index (Phi) is 6.12. The van der Waals surface area contributed by atoms with Crippen LogP contribution in [0.4, 0.5) is 0 Å². The largest absolute Gasteiger partial charge is 0.395 e. The normalized spacial score (nSPS) is 25.4. The number of aliphatic hydroxyl groups excluding tert-OH is 2. The van der Waals surface area contributed by atoms with Gasteiger partial charge >= 0.3 is 0 Å². The van der Waals surface area contributed by atoms with Crippen LogP contribution in [0.25, 0.3) is 0 Å². The summed E-state index contributed by atoms with van der Waals surface area (Å²) in [6.07, 6.45) is -0.489. The van der Waals surface area contributed by atoms with Gasteiger partial charge in [-0.3, -0.25) is 4.90 Å². The Balaban J connectivity index is 2.27. The van der Waals surface area contributed by atoms with Crippen molar-refractivity contribution in [2.45, 2.75) is 19.1 Å². The van der Waals surface area contributed by atoms with E-state index in [9.17, 15) is 5.11 Å². The summed E-state index contributed by atoms with van der Waals surface area (Å²) < 4.78 is 10.4. The highest BCUT2D eigenvalue weighted by Gasteiger charge is 2.24. The molecule has 0 aromatic carbocycles. The van der Waals surface area contributed by atoms with Crippen molar-refractivity contribution in [3.63, 3.8) is 0 Å². The molecule has 5 nitrogen and oxygen atoms in total. The Bertz CT molecular complexity index is 168. The summed E-state index contributed by atoms with van der Waals surface area (Å²) in [4.78, 5) is 2.05. The van der Waals surface area contributed by atoms with Crippen LogP contribution in [0.1, 0.15) is 6.92 Å². The maximum atomic E-state index is 9.66. The predicted octanol–water partition coefficient (Wildman–Crippen LogP) is -0.923. The molecule has 5 heteroatoms. The summed E-state index contributed by atoms with van der Waals surface area (Å²) in [7, 11) is 0. The second-order valence-corrected chi connectivity index (χ2v) is 3.72. The number of nitrogens with zero attached hydrogens (tertiary/aromatic N) is 1. The lowest BCUT2D eigenvalue weighted by molar-refractivity contribution is -0.0549. The summed E-state index contributed by atoms with van der Waals surface area (Å²) in [5, 5.41) is 18.8. The Morgan fingerprint density at radius 1 is 1.60 bits per heavy atom. The third-order valence-corrected chi connectivity index (χ3v) is 2.52. The van der Waals surface area contributed by atoms with E-state index in [1.165, 1.54) is 0 Å². The number of ether oxygens (including phenoxy) is 2. The lowest BCUT2D eigenvalue weighted by Gasteiger charge is -2.35. The van der Waals surface area contributed by atoms with E-state index in [0.29, 0.717) is 33.0 Å². The third-order valence-electron chi connectivity index (χ3n) is 2.52. The second kappa shape index (κ2) is 7.14. The van der Waals surface area contributed by atoms with E-state index in [2.05, 4.69) is 0 Å². The number of hydrogen-bond acceptors (Lipinski definition) is 5. The zero-order chi connectivity index (χ0) is 11.1. The molecule has 1 aliphatic heterocycles. The van der Waals surface area contributed by atoms with Crippen molar-refractivity contribution in [3.8, 4) is 0 Å². The molecule has 0 aromatic rings. The van der Waals surface area contributed by atoms with Gasteiger partial charge in [0.2, 0.25) is 0 Å². The molecule has 2 atom stereocenters. The zero-order valence-electron chi connectivity index (χ0n) is 9.26. The Hall–Kier alpha value is -0.200. The summed E-state index contributed by atoms with van der Waals surface area (Å²) in [5.74, 6) is 0. The first-order valence-electron chi connectivity index (χ1n) is 5.46. The molecule has 1 fully saturated rings. The van der Waals surface area contributed by atoms with Crippen LogP contribution in [-0.2, 0) is 9.47 Å². The SMILES string of the molecule is CCOCC(O)CN1CCOCC1CO. The average molecular weight is 219 g/mol. The molecule has 1 heterocycles. The summed E-state index contributed by atoms with van der Waals surface area (Å²) in [6, 6.07) is 0.00928. The Labute approximate surface area is 90.6 Å². The molecule has 1 saturated heterocycles. The monoisotopic (exact) mass is 219 g/mol. The quantitative estimate of drug-likeness (QED) is 0.605. The smallest absolute Gasteiger partial charge is 0.0900 e. The Morgan fingerprint density at radius 3 is 3.07 bits per heavy atom. The molecule has 0 spiro atoms. The van der Waals surface area contributed by atoms with Gasteiger partial charge in [0.1, 0.15) is 0 Å². The fraction of sp³-hybridized carbons (Fsp3) is 1.00. The first kappa shape index (κ1) is 12.9. The van der Waals surface area contributed by atoms with E-state index in [1.807, 2.05) is 11.8 Å². The van der Waals surface area contributed by atoms with Crippen LogP contribution >= 0.6 is 0 Å². The molecular formula is C10H21NO4. The second-order valence-electron chi connectivity index (χ2n) is 3.72. The first-order valence-corrected chi connectivity index (χ1v) is 5.46. The molecule has 0 radical (unpaired) electrons. The molecule has 15 heavy (non-hydrogen) atoms. The van der Waals surface area contributed by atoms with Crippen molar-refractivity contribution in [3.05, 3.63) is 0 Å². The van der Waals surface area contributed by atoms with Crippen molar-refractivity contribution >= 4 is 0 Å². The van der Waals surface area contributed by atoms with Gasteiger partial charge in [0.15, 0.2) is 0 Å². The van der Waals surface area contributed by atoms with Gasteiger partial charge in [-0.1, -0.05) is 0 Å². The molecule has 0 saturated carbocycles. The molecule has 0 bridgehead atoms. The van der Waals surface area contributed by atoms with Gasteiger partial charge in [-0.15, -0.1) is 0 Å². The third kappa shape index (κ3) is 4.44. The van der Waals surface area contributed by atoms with E-state index in [1.54, 1.807) is 0 Å². The van der Waals surface area contributed by atoms with E-state index in [4.69, 9.17) is 14.6 Å². The van der Waals surface area contributed by atoms with Gasteiger partial charge < -0.3 is 19.7 Å². The summed E-state index contributed by atoms with van der Waals surface area (Å²) in [5.41, 5.74) is 0. The van der Waals surface area contributed by atoms with Crippen LogP contribution in [0.2, 0.25) is 0 Å². The van der Waals surface area contributed by atoms with Gasteiger partial charge in [-0.2, -0.15) is 0 Å². The van der Waals surface area contributed by atoms with Crippen LogP contribution in [0.15, 0.2) is 0 Å². The topological polar surface area (TPSA) is 62.2 Å². The molecule has 1 rings (SSSR count). The number of β-amino-alcohol motifs (C(OH)–C–C–N with tert-alkyl or cyclic N) is 1.